The molecule has 1 saturated heterocycles. The van der Waals surface area contributed by atoms with Crippen LogP contribution in [0.25, 0.3) is 0 Å². The summed E-state index contributed by atoms with van der Waals surface area (Å²) < 4.78 is 5.03. The van der Waals surface area contributed by atoms with Crippen molar-refractivity contribution in [2.24, 2.45) is 5.92 Å². The van der Waals surface area contributed by atoms with Crippen LogP contribution in [-0.2, 0) is 11.3 Å². The van der Waals surface area contributed by atoms with E-state index in [2.05, 4.69) is 10.5 Å². The number of urea groups is 1. The molecule has 0 spiro atoms. The number of aryl methyl sites for hydroxylation is 1. The molecule has 0 atom stereocenters. The lowest BCUT2D eigenvalue weighted by Crippen LogP contribution is -2.44. The van der Waals surface area contributed by atoms with E-state index in [1.807, 2.05) is 6.92 Å². The largest absolute Gasteiger partial charge is 0.481 e. The minimum Gasteiger partial charge on any atom is -0.481 e. The van der Waals surface area contributed by atoms with Crippen molar-refractivity contribution >= 4 is 12.0 Å². The van der Waals surface area contributed by atoms with E-state index in [-0.39, 0.29) is 12.5 Å². The number of piperidine rings is 1. The minimum atomic E-state index is -0.752. The van der Waals surface area contributed by atoms with Crippen molar-refractivity contribution in [1.29, 1.82) is 0 Å². The maximum absolute atomic E-state index is 12.0. The number of hydrogen-bond donors (Lipinski definition) is 2. The quantitative estimate of drug-likeness (QED) is 0.863. The fourth-order valence-electron chi connectivity index (χ4n) is 2.53. The van der Waals surface area contributed by atoms with Crippen LogP contribution >= 0.6 is 0 Å². The molecule has 0 saturated carbocycles. The summed E-state index contributed by atoms with van der Waals surface area (Å²) in [4.78, 5) is 24.3. The van der Waals surface area contributed by atoms with Crippen molar-refractivity contribution in [1.82, 2.24) is 15.4 Å². The van der Waals surface area contributed by atoms with Gasteiger partial charge in [-0.15, -0.1) is 0 Å². The predicted octanol–water partition coefficient (Wildman–Crippen LogP) is 1.77. The summed E-state index contributed by atoms with van der Waals surface area (Å²) in [6.45, 7) is 3.51. The Morgan fingerprint density at radius 1 is 1.48 bits per heavy atom. The number of rotatable bonds is 5. The molecule has 1 aliphatic rings. The van der Waals surface area contributed by atoms with Crippen molar-refractivity contribution < 1.29 is 19.2 Å². The topological polar surface area (TPSA) is 95.7 Å². The second-order valence-corrected chi connectivity index (χ2v) is 5.46. The third-order valence-corrected chi connectivity index (χ3v) is 3.76. The number of likely N-dealkylation sites (tertiary alicyclic amines) is 1. The molecule has 2 amide bonds. The number of nitrogens with one attached hydrogen (secondary N) is 1. The van der Waals surface area contributed by atoms with Gasteiger partial charge in [-0.3, -0.25) is 4.79 Å². The van der Waals surface area contributed by atoms with Gasteiger partial charge >= 0.3 is 12.0 Å². The lowest BCUT2D eigenvalue weighted by Gasteiger charge is -2.31. The number of nitrogens with zero attached hydrogens (tertiary/aromatic N) is 2. The van der Waals surface area contributed by atoms with Crippen molar-refractivity contribution in [2.75, 3.05) is 13.1 Å². The van der Waals surface area contributed by atoms with Crippen LogP contribution in [-0.4, -0.2) is 40.3 Å². The first-order valence-corrected chi connectivity index (χ1v) is 7.21. The van der Waals surface area contributed by atoms with Gasteiger partial charge in [0.2, 0.25) is 0 Å². The molecule has 1 aromatic rings. The summed E-state index contributed by atoms with van der Waals surface area (Å²) in [5.74, 6) is 0.289. The van der Waals surface area contributed by atoms with Crippen LogP contribution in [0.15, 0.2) is 10.6 Å². The van der Waals surface area contributed by atoms with Crippen molar-refractivity contribution in [3.63, 3.8) is 0 Å². The average molecular weight is 295 g/mol. The Morgan fingerprint density at radius 3 is 2.76 bits per heavy atom. The summed E-state index contributed by atoms with van der Waals surface area (Å²) in [5, 5.41) is 15.2. The van der Waals surface area contributed by atoms with Crippen LogP contribution in [0.3, 0.4) is 0 Å². The molecule has 2 heterocycles. The predicted molar refractivity (Wildman–Crippen MR) is 74.6 cm³/mol. The van der Waals surface area contributed by atoms with Crippen LogP contribution in [0.4, 0.5) is 4.79 Å². The minimum absolute atomic E-state index is 0.110. The van der Waals surface area contributed by atoms with E-state index in [1.54, 1.807) is 11.0 Å². The zero-order chi connectivity index (χ0) is 15.2. The van der Waals surface area contributed by atoms with Crippen LogP contribution in [0.1, 0.15) is 37.1 Å². The molecule has 2 N–H and O–H groups in total. The highest BCUT2D eigenvalue weighted by molar-refractivity contribution is 5.74. The Morgan fingerprint density at radius 2 is 2.19 bits per heavy atom. The number of carboxylic acid groups (broad SMARTS) is 1. The molecule has 2 rings (SSSR count). The van der Waals surface area contributed by atoms with E-state index in [0.29, 0.717) is 37.7 Å². The number of carboxylic acids is 1. The van der Waals surface area contributed by atoms with Gasteiger partial charge in [0, 0.05) is 25.6 Å². The first-order valence-electron chi connectivity index (χ1n) is 7.21. The molecule has 7 heteroatoms. The number of carbonyl (C=O) groups is 2. The van der Waals surface area contributed by atoms with Crippen molar-refractivity contribution in [3.05, 3.63) is 17.5 Å². The molecule has 7 nitrogen and oxygen atoms in total. The first kappa shape index (κ1) is 15.3. The van der Waals surface area contributed by atoms with E-state index in [1.165, 1.54) is 0 Å². The highest BCUT2D eigenvalue weighted by Gasteiger charge is 2.23. The van der Waals surface area contributed by atoms with Crippen LogP contribution < -0.4 is 5.32 Å². The van der Waals surface area contributed by atoms with Gasteiger partial charge in [-0.05, 0) is 32.1 Å². The second-order valence-electron chi connectivity index (χ2n) is 5.46. The molecule has 0 radical (unpaired) electrons. The third-order valence-electron chi connectivity index (χ3n) is 3.76. The Labute approximate surface area is 123 Å². The van der Waals surface area contributed by atoms with E-state index in [9.17, 15) is 9.59 Å². The van der Waals surface area contributed by atoms with Crippen LogP contribution in [0, 0.1) is 12.8 Å². The smallest absolute Gasteiger partial charge is 0.317 e. The number of amides is 2. The molecular formula is C14H21N3O4. The normalized spacial score (nSPS) is 16.0. The summed E-state index contributed by atoms with van der Waals surface area (Å²) >= 11 is 0. The van der Waals surface area contributed by atoms with E-state index in [0.717, 1.165) is 18.5 Å². The molecule has 0 aliphatic carbocycles. The zero-order valence-corrected chi connectivity index (χ0v) is 12.2. The van der Waals surface area contributed by atoms with E-state index < -0.39 is 5.97 Å². The zero-order valence-electron chi connectivity index (χ0n) is 12.2. The summed E-state index contributed by atoms with van der Waals surface area (Å²) in [5.41, 5.74) is 0.790. The molecular weight excluding hydrogens is 274 g/mol. The van der Waals surface area contributed by atoms with Gasteiger partial charge in [0.1, 0.15) is 0 Å². The number of aromatic nitrogens is 1. The monoisotopic (exact) mass is 295 g/mol. The molecule has 116 valence electrons. The first-order chi connectivity index (χ1) is 10.0. The van der Waals surface area contributed by atoms with Gasteiger partial charge in [-0.25, -0.2) is 4.79 Å². The van der Waals surface area contributed by atoms with Crippen LogP contribution in [0.5, 0.6) is 0 Å². The fourth-order valence-corrected chi connectivity index (χ4v) is 2.53. The highest BCUT2D eigenvalue weighted by Crippen LogP contribution is 2.21. The summed E-state index contributed by atoms with van der Waals surface area (Å²) in [7, 11) is 0. The summed E-state index contributed by atoms with van der Waals surface area (Å²) in [6.07, 6.45) is 2.63. The average Bonchev–Trinajstić information content (AvgIpc) is 2.89. The Bertz CT molecular complexity index is 492. The van der Waals surface area contributed by atoms with Crippen molar-refractivity contribution in [2.45, 2.75) is 39.2 Å². The van der Waals surface area contributed by atoms with Gasteiger partial charge in [0.15, 0.2) is 5.76 Å². The molecule has 1 aliphatic heterocycles. The third kappa shape index (κ3) is 4.77. The lowest BCUT2D eigenvalue weighted by atomic mass is 9.92. The molecule has 1 fully saturated rings. The Balaban J connectivity index is 1.69. The number of aliphatic carboxylic acids is 1. The van der Waals surface area contributed by atoms with Gasteiger partial charge < -0.3 is 19.8 Å². The molecule has 0 aromatic carbocycles. The van der Waals surface area contributed by atoms with Gasteiger partial charge in [-0.2, -0.15) is 0 Å². The van der Waals surface area contributed by atoms with Gasteiger partial charge in [0.05, 0.1) is 12.2 Å². The SMILES string of the molecule is Cc1cc(CNC(=O)N2CCC(CCC(=O)O)CC2)on1. The maximum Gasteiger partial charge on any atom is 0.317 e. The molecule has 0 unspecified atom stereocenters. The molecule has 21 heavy (non-hydrogen) atoms. The second kappa shape index (κ2) is 7.10. The molecule has 1 aromatic heterocycles. The fraction of sp³-hybridized carbons (Fsp3) is 0.643. The Hall–Kier alpha value is -2.05. The number of hydrogen-bond acceptors (Lipinski definition) is 4. The molecule has 0 bridgehead atoms. The highest BCUT2D eigenvalue weighted by atomic mass is 16.5. The van der Waals surface area contributed by atoms with Gasteiger partial charge in [-0.1, -0.05) is 5.16 Å². The van der Waals surface area contributed by atoms with E-state index >= 15 is 0 Å². The standard InChI is InChI=1S/C14H21N3O4/c1-10-8-12(21-16-10)9-15-14(20)17-6-4-11(5-7-17)2-3-13(18)19/h8,11H,2-7,9H2,1H3,(H,15,20)(H,18,19). The lowest BCUT2D eigenvalue weighted by molar-refractivity contribution is -0.137. The maximum atomic E-state index is 12.0. The van der Waals surface area contributed by atoms with Gasteiger partial charge in [0.25, 0.3) is 0 Å². The van der Waals surface area contributed by atoms with Crippen molar-refractivity contribution in [3.8, 4) is 0 Å². The summed E-state index contributed by atoms with van der Waals surface area (Å²) in [6, 6.07) is 1.68. The Kier molecular flexibility index (Phi) is 5.19. The number of carbonyl (C=O) groups excluding carboxylic acids is 1. The van der Waals surface area contributed by atoms with E-state index in [4.69, 9.17) is 9.63 Å². The van der Waals surface area contributed by atoms with Crippen LogP contribution in [0.2, 0.25) is 0 Å².